The molecule has 13 heavy (non-hydrogen) atoms. The van der Waals surface area contributed by atoms with E-state index in [1.807, 2.05) is 6.07 Å². The summed E-state index contributed by atoms with van der Waals surface area (Å²) in [7, 11) is 0. The van der Waals surface area contributed by atoms with Gasteiger partial charge in [-0.15, -0.1) is 6.42 Å². The van der Waals surface area contributed by atoms with Crippen LogP contribution in [0.3, 0.4) is 0 Å². The molecule has 0 bridgehead atoms. The molecule has 0 saturated carbocycles. The predicted octanol–water partition coefficient (Wildman–Crippen LogP) is 2.08. The number of ether oxygens (including phenoxy) is 1. The smallest absolute Gasteiger partial charge is 0.339 e. The Bertz CT molecular complexity index is 352. The molecule has 0 aliphatic rings. The third-order valence-electron chi connectivity index (χ3n) is 1.35. The Morgan fingerprint density at radius 2 is 2.38 bits per heavy atom. The molecule has 0 spiro atoms. The third-order valence-corrected chi connectivity index (χ3v) is 2.02. The van der Waals surface area contributed by atoms with Crippen molar-refractivity contribution in [2.45, 2.75) is 0 Å². The number of carbonyl (C=O) groups excluding carboxylic acids is 1. The fourth-order valence-electron chi connectivity index (χ4n) is 0.806. The normalized spacial score (nSPS) is 8.92. The summed E-state index contributed by atoms with van der Waals surface area (Å²) in [6.07, 6.45) is 4.96. The summed E-state index contributed by atoms with van der Waals surface area (Å²) in [5, 5.41) is 0. The first-order valence-corrected chi connectivity index (χ1v) is 4.68. The first-order valence-electron chi connectivity index (χ1n) is 3.60. The van der Waals surface area contributed by atoms with Crippen molar-refractivity contribution in [2.24, 2.45) is 0 Å². The van der Waals surface area contributed by atoms with E-state index in [1.165, 1.54) is 0 Å². The molecule has 0 unspecified atom stereocenters. The van der Waals surface area contributed by atoms with Crippen molar-refractivity contribution >= 4 is 28.6 Å². The van der Waals surface area contributed by atoms with Gasteiger partial charge in [-0.3, -0.25) is 0 Å². The molecule has 0 saturated heterocycles. The highest BCUT2D eigenvalue weighted by molar-refractivity contribution is 14.1. The Kier molecular flexibility index (Phi) is 3.77. The molecular formula is C10H7IO2. The molecule has 2 nitrogen and oxygen atoms in total. The predicted molar refractivity (Wildman–Crippen MR) is 58.3 cm³/mol. The number of hydrogen-bond acceptors (Lipinski definition) is 2. The minimum Gasteiger partial charge on any atom is -0.449 e. The molecule has 1 aromatic rings. The lowest BCUT2D eigenvalue weighted by molar-refractivity contribution is 0.0556. The van der Waals surface area contributed by atoms with Crippen LogP contribution in [-0.2, 0) is 4.74 Å². The third kappa shape index (κ3) is 3.07. The monoisotopic (exact) mass is 286 g/mol. The van der Waals surface area contributed by atoms with E-state index < -0.39 is 0 Å². The molecule has 3 heteroatoms. The molecule has 0 amide bonds. The Hall–Kier alpha value is -1.02. The van der Waals surface area contributed by atoms with Crippen molar-refractivity contribution in [2.75, 3.05) is 6.61 Å². The molecule has 0 fully saturated rings. The zero-order chi connectivity index (χ0) is 9.68. The van der Waals surface area contributed by atoms with E-state index in [2.05, 4.69) is 28.5 Å². The minimum atomic E-state index is -0.378. The summed E-state index contributed by atoms with van der Waals surface area (Å²) in [6, 6.07) is 7.15. The fourth-order valence-corrected chi connectivity index (χ4v) is 1.35. The molecule has 0 atom stereocenters. The van der Waals surface area contributed by atoms with Gasteiger partial charge in [-0.2, -0.15) is 0 Å². The van der Waals surface area contributed by atoms with Gasteiger partial charge in [0.2, 0.25) is 0 Å². The van der Waals surface area contributed by atoms with Crippen LogP contribution in [0.5, 0.6) is 0 Å². The van der Waals surface area contributed by atoms with Crippen LogP contribution in [0.1, 0.15) is 10.4 Å². The number of benzene rings is 1. The second-order valence-electron chi connectivity index (χ2n) is 2.29. The Labute approximate surface area is 90.4 Å². The lowest BCUT2D eigenvalue weighted by atomic mass is 10.2. The van der Waals surface area contributed by atoms with Crippen LogP contribution in [-0.4, -0.2) is 12.6 Å². The van der Waals surface area contributed by atoms with Crippen molar-refractivity contribution in [1.82, 2.24) is 0 Å². The highest BCUT2D eigenvalue weighted by Crippen LogP contribution is 2.08. The largest absolute Gasteiger partial charge is 0.449 e. The summed E-state index contributed by atoms with van der Waals surface area (Å²) in [5.74, 6) is 1.86. The maximum absolute atomic E-state index is 11.2. The zero-order valence-corrected chi connectivity index (χ0v) is 8.95. The van der Waals surface area contributed by atoms with Gasteiger partial charge in [0.25, 0.3) is 0 Å². The molecule has 66 valence electrons. The van der Waals surface area contributed by atoms with E-state index in [-0.39, 0.29) is 12.6 Å². The molecule has 1 rings (SSSR count). The summed E-state index contributed by atoms with van der Waals surface area (Å²) in [4.78, 5) is 11.2. The van der Waals surface area contributed by atoms with Crippen molar-refractivity contribution in [3.63, 3.8) is 0 Å². The lowest BCUT2D eigenvalue weighted by Gasteiger charge is -2.00. The standard InChI is InChI=1S/C10H7IO2/c1-2-6-13-10(12)8-4-3-5-9(11)7-8/h1,3-5,7H,6H2. The summed E-state index contributed by atoms with van der Waals surface area (Å²) in [6.45, 7) is 0.0182. The molecule has 0 heterocycles. The van der Waals surface area contributed by atoms with Crippen LogP contribution in [0, 0.1) is 15.9 Å². The number of rotatable bonds is 2. The summed E-state index contributed by atoms with van der Waals surface area (Å²) < 4.78 is 5.75. The SMILES string of the molecule is C#CCOC(=O)c1cccc(I)c1. The van der Waals surface area contributed by atoms with E-state index >= 15 is 0 Å². The quantitative estimate of drug-likeness (QED) is 0.473. The van der Waals surface area contributed by atoms with Crippen molar-refractivity contribution in [3.8, 4) is 12.3 Å². The van der Waals surface area contributed by atoms with Crippen LogP contribution in [0.2, 0.25) is 0 Å². The van der Waals surface area contributed by atoms with Gasteiger partial charge in [-0.25, -0.2) is 4.79 Å². The maximum Gasteiger partial charge on any atom is 0.339 e. The average Bonchev–Trinajstić information content (AvgIpc) is 2.14. The van der Waals surface area contributed by atoms with Gasteiger partial charge in [-0.1, -0.05) is 12.0 Å². The second-order valence-corrected chi connectivity index (χ2v) is 3.54. The van der Waals surface area contributed by atoms with E-state index in [1.54, 1.807) is 18.2 Å². The summed E-state index contributed by atoms with van der Waals surface area (Å²) >= 11 is 2.13. The van der Waals surface area contributed by atoms with E-state index in [4.69, 9.17) is 11.2 Å². The Morgan fingerprint density at radius 1 is 1.62 bits per heavy atom. The first-order chi connectivity index (χ1) is 6.24. The highest BCUT2D eigenvalue weighted by Gasteiger charge is 2.05. The maximum atomic E-state index is 11.2. The zero-order valence-electron chi connectivity index (χ0n) is 6.79. The van der Waals surface area contributed by atoms with Gasteiger partial charge in [-0.05, 0) is 40.8 Å². The van der Waals surface area contributed by atoms with Crippen LogP contribution >= 0.6 is 22.6 Å². The topological polar surface area (TPSA) is 26.3 Å². The number of carbonyl (C=O) groups is 1. The molecule has 1 aromatic carbocycles. The number of halogens is 1. The van der Waals surface area contributed by atoms with Crippen molar-refractivity contribution in [1.29, 1.82) is 0 Å². The molecular weight excluding hydrogens is 279 g/mol. The van der Waals surface area contributed by atoms with E-state index in [0.29, 0.717) is 5.56 Å². The van der Waals surface area contributed by atoms with Crippen molar-refractivity contribution < 1.29 is 9.53 Å². The van der Waals surface area contributed by atoms with Gasteiger partial charge in [0.05, 0.1) is 5.56 Å². The molecule has 0 aromatic heterocycles. The number of esters is 1. The van der Waals surface area contributed by atoms with Crippen LogP contribution in [0.4, 0.5) is 0 Å². The van der Waals surface area contributed by atoms with Crippen LogP contribution in [0.15, 0.2) is 24.3 Å². The van der Waals surface area contributed by atoms with Gasteiger partial charge >= 0.3 is 5.97 Å². The fraction of sp³-hybridized carbons (Fsp3) is 0.100. The van der Waals surface area contributed by atoms with Crippen molar-refractivity contribution in [3.05, 3.63) is 33.4 Å². The molecule has 0 N–H and O–H groups in total. The molecule has 0 radical (unpaired) electrons. The highest BCUT2D eigenvalue weighted by atomic mass is 127. The molecule has 0 aliphatic heterocycles. The number of terminal acetylenes is 1. The Balaban J connectivity index is 2.72. The lowest BCUT2D eigenvalue weighted by Crippen LogP contribution is -2.05. The van der Waals surface area contributed by atoms with Gasteiger partial charge in [0, 0.05) is 3.57 Å². The average molecular weight is 286 g/mol. The minimum absolute atomic E-state index is 0.0182. The summed E-state index contributed by atoms with van der Waals surface area (Å²) in [5.41, 5.74) is 0.530. The first kappa shape index (κ1) is 10.1. The van der Waals surface area contributed by atoms with Gasteiger partial charge < -0.3 is 4.74 Å². The van der Waals surface area contributed by atoms with E-state index in [0.717, 1.165) is 3.57 Å². The second kappa shape index (κ2) is 4.87. The Morgan fingerprint density at radius 3 is 3.00 bits per heavy atom. The van der Waals surface area contributed by atoms with Crippen LogP contribution in [0.25, 0.3) is 0 Å². The van der Waals surface area contributed by atoms with Gasteiger partial charge in [0.15, 0.2) is 6.61 Å². The van der Waals surface area contributed by atoms with E-state index in [9.17, 15) is 4.79 Å². The number of hydrogen-bond donors (Lipinski definition) is 0. The van der Waals surface area contributed by atoms with Gasteiger partial charge in [0.1, 0.15) is 0 Å². The molecule has 0 aliphatic carbocycles. The van der Waals surface area contributed by atoms with Crippen LogP contribution < -0.4 is 0 Å².